The zero-order valence-corrected chi connectivity index (χ0v) is 14.5. The quantitative estimate of drug-likeness (QED) is 0.695. The third-order valence-corrected chi connectivity index (χ3v) is 5.16. The zero-order valence-electron chi connectivity index (χ0n) is 10.7. The van der Waals surface area contributed by atoms with Crippen LogP contribution in [0.4, 0.5) is 0 Å². The molecule has 18 heavy (non-hydrogen) atoms. The number of halogens is 2. The van der Waals surface area contributed by atoms with E-state index in [4.69, 9.17) is 11.6 Å². The maximum atomic E-state index is 12.3. The molecule has 0 saturated carbocycles. The van der Waals surface area contributed by atoms with Crippen LogP contribution in [0.5, 0.6) is 0 Å². The van der Waals surface area contributed by atoms with Gasteiger partial charge in [0.25, 0.3) is 5.91 Å². The van der Waals surface area contributed by atoms with Gasteiger partial charge in [0, 0.05) is 28.0 Å². The van der Waals surface area contributed by atoms with Gasteiger partial charge in [-0.3, -0.25) is 4.79 Å². The van der Waals surface area contributed by atoms with Gasteiger partial charge in [-0.1, -0.05) is 18.5 Å². The molecule has 1 aromatic rings. The molecule has 5 heteroatoms. The van der Waals surface area contributed by atoms with Crippen LogP contribution in [0.25, 0.3) is 0 Å². The molecule has 0 spiro atoms. The second-order valence-electron chi connectivity index (χ2n) is 4.06. The van der Waals surface area contributed by atoms with E-state index in [9.17, 15) is 4.79 Å². The predicted molar refractivity (Wildman–Crippen MR) is 88.7 cm³/mol. The van der Waals surface area contributed by atoms with Crippen molar-refractivity contribution >= 4 is 51.9 Å². The summed E-state index contributed by atoms with van der Waals surface area (Å²) in [6.07, 6.45) is 3.02. The molecule has 1 unspecified atom stereocenters. The molecule has 0 aliphatic carbocycles. The van der Waals surface area contributed by atoms with Gasteiger partial charge < -0.3 is 4.90 Å². The standard InChI is InChI=1S/C13H17ClINOS/c1-4-10(8-18-3)16(2)13(17)9-5-6-12(15)11(14)7-9/h5-7,10H,4,8H2,1-3H3. The molecule has 0 heterocycles. The van der Waals surface area contributed by atoms with E-state index >= 15 is 0 Å². The Morgan fingerprint density at radius 1 is 1.56 bits per heavy atom. The highest BCUT2D eigenvalue weighted by atomic mass is 127. The summed E-state index contributed by atoms with van der Waals surface area (Å²) in [6.45, 7) is 2.10. The van der Waals surface area contributed by atoms with Crippen LogP contribution in [0.1, 0.15) is 23.7 Å². The minimum Gasteiger partial charge on any atom is -0.338 e. The molecule has 0 bridgehead atoms. The summed E-state index contributed by atoms with van der Waals surface area (Å²) in [6, 6.07) is 5.72. The first-order valence-electron chi connectivity index (χ1n) is 5.72. The summed E-state index contributed by atoms with van der Waals surface area (Å²) >= 11 is 9.97. The molecule has 0 radical (unpaired) electrons. The Labute approximate surface area is 132 Å². The van der Waals surface area contributed by atoms with Gasteiger partial charge in [-0.05, 0) is 53.5 Å². The summed E-state index contributed by atoms with van der Waals surface area (Å²) in [7, 11) is 1.86. The van der Waals surface area contributed by atoms with Crippen LogP contribution in [0.2, 0.25) is 5.02 Å². The number of amides is 1. The van der Waals surface area contributed by atoms with Gasteiger partial charge in [0.05, 0.1) is 5.02 Å². The normalized spacial score (nSPS) is 12.3. The Kier molecular flexibility index (Phi) is 6.81. The lowest BCUT2D eigenvalue weighted by Crippen LogP contribution is -2.38. The van der Waals surface area contributed by atoms with Crippen LogP contribution in [0.15, 0.2) is 18.2 Å². The smallest absolute Gasteiger partial charge is 0.253 e. The zero-order chi connectivity index (χ0) is 13.7. The molecular weight excluding hydrogens is 381 g/mol. The monoisotopic (exact) mass is 397 g/mol. The highest BCUT2D eigenvalue weighted by Gasteiger charge is 2.19. The average Bonchev–Trinajstić information content (AvgIpc) is 2.37. The number of benzene rings is 1. The molecule has 0 saturated heterocycles. The maximum absolute atomic E-state index is 12.3. The fraction of sp³-hybridized carbons (Fsp3) is 0.462. The first-order valence-corrected chi connectivity index (χ1v) is 8.57. The van der Waals surface area contributed by atoms with Crippen molar-refractivity contribution in [3.05, 3.63) is 32.4 Å². The number of nitrogens with zero attached hydrogens (tertiary/aromatic N) is 1. The van der Waals surface area contributed by atoms with Crippen LogP contribution in [-0.2, 0) is 0 Å². The maximum Gasteiger partial charge on any atom is 0.253 e. The van der Waals surface area contributed by atoms with E-state index < -0.39 is 0 Å². The van der Waals surface area contributed by atoms with Gasteiger partial charge in [-0.15, -0.1) is 0 Å². The Bertz CT molecular complexity index is 427. The number of rotatable bonds is 5. The summed E-state index contributed by atoms with van der Waals surface area (Å²) < 4.78 is 0.963. The van der Waals surface area contributed by atoms with Crippen LogP contribution in [0.3, 0.4) is 0 Å². The summed E-state index contributed by atoms with van der Waals surface area (Å²) in [5.41, 5.74) is 0.655. The molecule has 1 rings (SSSR count). The molecule has 1 aromatic carbocycles. The fourth-order valence-corrected chi connectivity index (χ4v) is 3.05. The van der Waals surface area contributed by atoms with Gasteiger partial charge in [0.1, 0.15) is 0 Å². The first kappa shape index (κ1) is 16.1. The van der Waals surface area contributed by atoms with Gasteiger partial charge in [-0.25, -0.2) is 0 Å². The minimum atomic E-state index is 0.0363. The Morgan fingerprint density at radius 3 is 2.72 bits per heavy atom. The van der Waals surface area contributed by atoms with Gasteiger partial charge in [-0.2, -0.15) is 11.8 Å². The number of thioether (sulfide) groups is 1. The number of hydrogen-bond donors (Lipinski definition) is 0. The van der Waals surface area contributed by atoms with E-state index in [1.54, 1.807) is 17.8 Å². The van der Waals surface area contributed by atoms with Gasteiger partial charge >= 0.3 is 0 Å². The lowest BCUT2D eigenvalue weighted by Gasteiger charge is -2.27. The van der Waals surface area contributed by atoms with E-state index in [1.165, 1.54) is 0 Å². The van der Waals surface area contributed by atoms with Crippen LogP contribution < -0.4 is 0 Å². The average molecular weight is 398 g/mol. The molecule has 0 fully saturated rings. The predicted octanol–water partition coefficient (Wildman–Crippen LogP) is 4.16. The number of carbonyl (C=O) groups is 1. The summed E-state index contributed by atoms with van der Waals surface area (Å²) in [4.78, 5) is 14.2. The van der Waals surface area contributed by atoms with Crippen LogP contribution >= 0.6 is 46.0 Å². The molecule has 0 aliphatic heterocycles. The highest BCUT2D eigenvalue weighted by molar-refractivity contribution is 14.1. The molecule has 0 N–H and O–H groups in total. The topological polar surface area (TPSA) is 20.3 Å². The van der Waals surface area contributed by atoms with E-state index in [0.717, 1.165) is 15.7 Å². The van der Waals surface area contributed by atoms with Crippen molar-refractivity contribution in [3.8, 4) is 0 Å². The third-order valence-electron chi connectivity index (χ3n) is 2.86. The van der Waals surface area contributed by atoms with Crippen molar-refractivity contribution in [2.45, 2.75) is 19.4 Å². The van der Waals surface area contributed by atoms with Crippen LogP contribution in [-0.4, -0.2) is 35.9 Å². The van der Waals surface area contributed by atoms with Crippen LogP contribution in [0, 0.1) is 3.57 Å². The van der Waals surface area contributed by atoms with Crippen molar-refractivity contribution in [1.82, 2.24) is 4.90 Å². The molecule has 0 aliphatic rings. The van der Waals surface area contributed by atoms with E-state index in [1.807, 2.05) is 24.1 Å². The SMILES string of the molecule is CCC(CSC)N(C)C(=O)c1ccc(I)c(Cl)c1. The lowest BCUT2D eigenvalue weighted by molar-refractivity contribution is 0.0743. The molecular formula is C13H17ClINOS. The fourth-order valence-electron chi connectivity index (χ4n) is 1.69. The van der Waals surface area contributed by atoms with Crippen molar-refractivity contribution < 1.29 is 4.79 Å². The molecule has 1 atom stereocenters. The summed E-state index contributed by atoms with van der Waals surface area (Å²) in [5.74, 6) is 0.991. The van der Waals surface area contributed by atoms with E-state index in [0.29, 0.717) is 10.6 Å². The van der Waals surface area contributed by atoms with Crippen molar-refractivity contribution in [3.63, 3.8) is 0 Å². The molecule has 1 amide bonds. The van der Waals surface area contributed by atoms with Crippen molar-refractivity contribution in [1.29, 1.82) is 0 Å². The first-order chi connectivity index (χ1) is 8.51. The van der Waals surface area contributed by atoms with Gasteiger partial charge in [0.15, 0.2) is 0 Å². The third kappa shape index (κ3) is 4.03. The summed E-state index contributed by atoms with van der Waals surface area (Å²) in [5, 5.41) is 0.632. The lowest BCUT2D eigenvalue weighted by atomic mass is 10.1. The van der Waals surface area contributed by atoms with Crippen molar-refractivity contribution in [2.24, 2.45) is 0 Å². The Hall–Kier alpha value is 0.0600. The number of hydrogen-bond acceptors (Lipinski definition) is 2. The highest BCUT2D eigenvalue weighted by Crippen LogP contribution is 2.21. The van der Waals surface area contributed by atoms with Crippen molar-refractivity contribution in [2.75, 3.05) is 19.1 Å². The number of carbonyl (C=O) groups excluding carboxylic acids is 1. The molecule has 100 valence electrons. The molecule has 0 aromatic heterocycles. The minimum absolute atomic E-state index is 0.0363. The molecule has 2 nitrogen and oxygen atoms in total. The van der Waals surface area contributed by atoms with E-state index in [-0.39, 0.29) is 11.9 Å². The second kappa shape index (κ2) is 7.60. The van der Waals surface area contributed by atoms with E-state index in [2.05, 4.69) is 35.8 Å². The largest absolute Gasteiger partial charge is 0.338 e. The Balaban J connectivity index is 2.88. The Morgan fingerprint density at radius 2 is 2.22 bits per heavy atom. The van der Waals surface area contributed by atoms with Gasteiger partial charge in [0.2, 0.25) is 0 Å². The second-order valence-corrected chi connectivity index (χ2v) is 6.54.